The zero-order chi connectivity index (χ0) is 25.3. The lowest BCUT2D eigenvalue weighted by atomic mass is 9.63. The topological polar surface area (TPSA) is 13.0 Å². The predicted octanol–water partition coefficient (Wildman–Crippen LogP) is 5.96. The molecule has 0 N–H and O–H groups in total. The van der Waals surface area contributed by atoms with Crippen LogP contribution in [0.4, 0.5) is 0 Å². The first-order valence-corrected chi connectivity index (χ1v) is 15.5. The zero-order valence-electron chi connectivity index (χ0n) is 24.7. The Morgan fingerprint density at radius 1 is 0.429 bits per heavy atom. The van der Waals surface area contributed by atoms with E-state index in [0.29, 0.717) is 5.41 Å². The Labute approximate surface area is 219 Å². The second kappa shape index (κ2) is 11.3. The van der Waals surface area contributed by atoms with E-state index in [1.54, 1.807) is 0 Å². The molecule has 4 nitrogen and oxygen atoms in total. The highest BCUT2D eigenvalue weighted by molar-refractivity contribution is 5.00. The van der Waals surface area contributed by atoms with Crippen molar-refractivity contribution in [2.75, 3.05) is 59.4 Å². The molecule has 6 fully saturated rings. The number of hydrogen-bond acceptors (Lipinski definition) is 4. The summed E-state index contributed by atoms with van der Waals surface area (Å²) in [5.74, 6) is 0. The molecule has 2 saturated carbocycles. The molecule has 3 spiro atoms. The third-order valence-electron chi connectivity index (χ3n) is 11.0. The van der Waals surface area contributed by atoms with Gasteiger partial charge in [-0.1, -0.05) is 12.8 Å². The van der Waals surface area contributed by atoms with Crippen LogP contribution in [0.15, 0.2) is 0 Å². The number of nitrogens with zero attached hydrogens (tertiary/aromatic N) is 4. The molecule has 0 bridgehead atoms. The minimum Gasteiger partial charge on any atom is -0.305 e. The molecule has 0 amide bonds. The Balaban J connectivity index is 0.000000124. The first kappa shape index (κ1) is 27.9. The van der Waals surface area contributed by atoms with Gasteiger partial charge >= 0.3 is 0 Å². The molecule has 204 valence electrons. The maximum absolute atomic E-state index is 2.64. The van der Waals surface area contributed by atoms with E-state index in [0.717, 1.165) is 29.0 Å². The maximum atomic E-state index is 2.64. The van der Waals surface area contributed by atoms with Gasteiger partial charge in [0.1, 0.15) is 0 Å². The lowest BCUT2D eigenvalue weighted by Crippen LogP contribution is -2.55. The molecule has 4 saturated heterocycles. The summed E-state index contributed by atoms with van der Waals surface area (Å²) in [5, 5.41) is 0. The molecule has 4 heterocycles. The van der Waals surface area contributed by atoms with Crippen molar-refractivity contribution in [3.63, 3.8) is 0 Å². The zero-order valence-corrected chi connectivity index (χ0v) is 24.7. The fourth-order valence-electron chi connectivity index (χ4n) is 7.95. The van der Waals surface area contributed by atoms with Crippen molar-refractivity contribution in [2.45, 2.75) is 124 Å². The van der Waals surface area contributed by atoms with Crippen molar-refractivity contribution >= 4 is 0 Å². The van der Waals surface area contributed by atoms with Crippen molar-refractivity contribution in [3.05, 3.63) is 0 Å². The summed E-state index contributed by atoms with van der Waals surface area (Å²) < 4.78 is 0. The number of likely N-dealkylation sites (tertiary alicyclic amines) is 4. The Kier molecular flexibility index (Phi) is 8.99. The standard InChI is InChI=1S/C11H21N.C10H20N2.C10H19N/c1-10(2)12-8-6-11(7-9-12)4-3-5-11;1-9(2)12-5-4-10(8-12)6-11(3)7-10;1-9(2)11-7-6-10(8-11)4-3-5-10/h10H,3-9H2,1-2H3;9H,4-8H2,1-3H3;9H,3-8H2,1-2H3. The summed E-state index contributed by atoms with van der Waals surface area (Å²) >= 11 is 0. The van der Waals surface area contributed by atoms with Crippen LogP contribution in [0.25, 0.3) is 0 Å². The minimum atomic E-state index is 0.693. The monoisotopic (exact) mass is 488 g/mol. The van der Waals surface area contributed by atoms with Crippen LogP contribution in [-0.4, -0.2) is 97.1 Å². The number of rotatable bonds is 3. The average molecular weight is 489 g/mol. The fraction of sp³-hybridized carbons (Fsp3) is 1.00. The second-order valence-electron chi connectivity index (χ2n) is 14.6. The molecule has 0 radical (unpaired) electrons. The second-order valence-corrected chi connectivity index (χ2v) is 14.6. The SMILES string of the molecule is CC(C)N1CCC2(CCC2)C1.CC(C)N1CCC2(CCC2)CC1.CC(C)N1CCC2(CN(C)C2)C1. The van der Waals surface area contributed by atoms with Gasteiger partial charge in [0.15, 0.2) is 0 Å². The van der Waals surface area contributed by atoms with Gasteiger partial charge in [-0.25, -0.2) is 0 Å². The smallest absolute Gasteiger partial charge is 0.00968 e. The quantitative estimate of drug-likeness (QED) is 0.485. The van der Waals surface area contributed by atoms with E-state index in [1.807, 2.05) is 0 Å². The van der Waals surface area contributed by atoms with Gasteiger partial charge in [-0.05, 0) is 137 Å². The third-order valence-corrected chi connectivity index (χ3v) is 11.0. The van der Waals surface area contributed by atoms with E-state index in [-0.39, 0.29) is 0 Å². The minimum absolute atomic E-state index is 0.693. The van der Waals surface area contributed by atoms with Crippen molar-refractivity contribution in [1.29, 1.82) is 0 Å². The van der Waals surface area contributed by atoms with Gasteiger partial charge in [0, 0.05) is 49.7 Å². The first-order chi connectivity index (χ1) is 16.6. The summed E-state index contributed by atoms with van der Waals surface area (Å²) in [4.78, 5) is 10.3. The Morgan fingerprint density at radius 2 is 0.800 bits per heavy atom. The largest absolute Gasteiger partial charge is 0.305 e. The normalized spacial score (nSPS) is 29.7. The van der Waals surface area contributed by atoms with Crippen molar-refractivity contribution in [1.82, 2.24) is 19.6 Å². The maximum Gasteiger partial charge on any atom is 0.00968 e. The van der Waals surface area contributed by atoms with E-state index in [2.05, 4.69) is 68.2 Å². The predicted molar refractivity (Wildman–Crippen MR) is 151 cm³/mol. The van der Waals surface area contributed by atoms with Gasteiger partial charge in [0.05, 0.1) is 0 Å². The van der Waals surface area contributed by atoms with E-state index in [9.17, 15) is 0 Å². The van der Waals surface area contributed by atoms with Crippen LogP contribution in [0.1, 0.15) is 106 Å². The van der Waals surface area contributed by atoms with Gasteiger partial charge in [-0.15, -0.1) is 0 Å². The fourth-order valence-corrected chi connectivity index (χ4v) is 7.95. The molecule has 0 aromatic carbocycles. The van der Waals surface area contributed by atoms with Crippen molar-refractivity contribution in [2.24, 2.45) is 16.2 Å². The lowest BCUT2D eigenvalue weighted by Gasteiger charge is -2.49. The van der Waals surface area contributed by atoms with Crippen molar-refractivity contribution < 1.29 is 0 Å². The molecular weight excluding hydrogens is 428 g/mol. The van der Waals surface area contributed by atoms with Crippen LogP contribution in [0.2, 0.25) is 0 Å². The van der Waals surface area contributed by atoms with Crippen LogP contribution in [0.3, 0.4) is 0 Å². The molecule has 0 aromatic rings. The summed E-state index contributed by atoms with van der Waals surface area (Å²) in [7, 11) is 2.23. The Morgan fingerprint density at radius 3 is 1.11 bits per heavy atom. The molecular formula is C31H60N4. The molecule has 6 rings (SSSR count). The molecule has 0 unspecified atom stereocenters. The van der Waals surface area contributed by atoms with E-state index >= 15 is 0 Å². The summed E-state index contributed by atoms with van der Waals surface area (Å²) in [6.45, 7) is 24.7. The van der Waals surface area contributed by atoms with E-state index in [4.69, 9.17) is 0 Å². The Hall–Kier alpha value is -0.160. The van der Waals surface area contributed by atoms with Gasteiger partial charge in [0.2, 0.25) is 0 Å². The summed E-state index contributed by atoms with van der Waals surface area (Å²) in [6, 6.07) is 2.28. The van der Waals surface area contributed by atoms with Crippen LogP contribution in [-0.2, 0) is 0 Å². The molecule has 6 aliphatic rings. The molecule has 4 heteroatoms. The van der Waals surface area contributed by atoms with Gasteiger partial charge in [-0.3, -0.25) is 0 Å². The highest BCUT2D eigenvalue weighted by Gasteiger charge is 2.46. The van der Waals surface area contributed by atoms with Crippen LogP contribution >= 0.6 is 0 Å². The highest BCUT2D eigenvalue weighted by atomic mass is 15.3. The van der Waals surface area contributed by atoms with Crippen molar-refractivity contribution in [3.8, 4) is 0 Å². The van der Waals surface area contributed by atoms with Crippen LogP contribution in [0.5, 0.6) is 0 Å². The molecule has 4 aliphatic heterocycles. The van der Waals surface area contributed by atoms with Gasteiger partial charge < -0.3 is 19.6 Å². The molecule has 35 heavy (non-hydrogen) atoms. The highest BCUT2D eigenvalue weighted by Crippen LogP contribution is 2.49. The van der Waals surface area contributed by atoms with Gasteiger partial charge in [-0.2, -0.15) is 0 Å². The summed E-state index contributed by atoms with van der Waals surface area (Å²) in [5.41, 5.74) is 2.31. The molecule has 2 aliphatic carbocycles. The lowest BCUT2D eigenvalue weighted by molar-refractivity contribution is 0.0220. The third kappa shape index (κ3) is 6.65. The first-order valence-electron chi connectivity index (χ1n) is 15.5. The van der Waals surface area contributed by atoms with E-state index in [1.165, 1.54) is 117 Å². The molecule has 0 aromatic heterocycles. The number of hydrogen-bond donors (Lipinski definition) is 0. The Bertz CT molecular complexity index is 647. The van der Waals surface area contributed by atoms with Crippen LogP contribution < -0.4 is 0 Å². The van der Waals surface area contributed by atoms with Crippen LogP contribution in [0, 0.1) is 16.2 Å². The van der Waals surface area contributed by atoms with E-state index < -0.39 is 0 Å². The van der Waals surface area contributed by atoms with Gasteiger partial charge in [0.25, 0.3) is 0 Å². The molecule has 0 atom stereocenters. The number of piperidine rings is 1. The summed E-state index contributed by atoms with van der Waals surface area (Å²) in [6.07, 6.45) is 14.9. The average Bonchev–Trinajstić information content (AvgIpc) is 3.39.